The number of hydrogen-bond acceptors (Lipinski definition) is 2. The third kappa shape index (κ3) is 3.19. The number of nitrogens with zero attached hydrogens (tertiary/aromatic N) is 1. The third-order valence-corrected chi connectivity index (χ3v) is 3.39. The number of pyridine rings is 1. The lowest BCUT2D eigenvalue weighted by molar-refractivity contribution is 0.527. The zero-order valence-corrected chi connectivity index (χ0v) is 11.6. The van der Waals surface area contributed by atoms with E-state index in [1.807, 2.05) is 25.3 Å². The van der Waals surface area contributed by atoms with Crippen LogP contribution in [0.1, 0.15) is 44.0 Å². The lowest BCUT2D eigenvalue weighted by Crippen LogP contribution is -2.32. The first-order valence-electron chi connectivity index (χ1n) is 6.44. The van der Waals surface area contributed by atoms with Crippen LogP contribution in [0.4, 0.5) is 0 Å². The van der Waals surface area contributed by atoms with Crippen LogP contribution in [0.3, 0.4) is 0 Å². The van der Waals surface area contributed by atoms with E-state index in [0.29, 0.717) is 12.6 Å². The minimum absolute atomic E-state index is 0.154. The largest absolute Gasteiger partial charge is 0.313 e. The Balaban J connectivity index is 3.03. The van der Waals surface area contributed by atoms with Gasteiger partial charge in [0.1, 0.15) is 0 Å². The summed E-state index contributed by atoms with van der Waals surface area (Å²) in [5.74, 6) is 0. The first-order valence-corrected chi connectivity index (χ1v) is 6.44. The maximum atomic E-state index is 12.3. The van der Waals surface area contributed by atoms with E-state index in [4.69, 9.17) is 0 Å². The Morgan fingerprint density at radius 3 is 2.53 bits per heavy atom. The predicted molar refractivity (Wildman–Crippen MR) is 72.4 cm³/mol. The van der Waals surface area contributed by atoms with Crippen LogP contribution in [-0.4, -0.2) is 10.6 Å². The minimum Gasteiger partial charge on any atom is -0.313 e. The Bertz CT molecular complexity index is 435. The van der Waals surface area contributed by atoms with Crippen molar-refractivity contribution >= 4 is 0 Å². The molecule has 0 saturated heterocycles. The zero-order chi connectivity index (χ0) is 13.0. The van der Waals surface area contributed by atoms with Crippen LogP contribution < -0.4 is 10.9 Å². The summed E-state index contributed by atoms with van der Waals surface area (Å²) in [6.07, 6.45) is 1.08. The van der Waals surface area contributed by atoms with Crippen LogP contribution in [-0.2, 0) is 13.1 Å². The van der Waals surface area contributed by atoms with E-state index < -0.39 is 0 Å². The quantitative estimate of drug-likeness (QED) is 0.851. The topological polar surface area (TPSA) is 34.0 Å². The van der Waals surface area contributed by atoms with Crippen molar-refractivity contribution in [1.29, 1.82) is 0 Å². The molecule has 1 atom stereocenters. The Hall–Kier alpha value is -1.09. The van der Waals surface area contributed by atoms with E-state index in [0.717, 1.165) is 29.8 Å². The van der Waals surface area contributed by atoms with Crippen LogP contribution >= 0.6 is 0 Å². The van der Waals surface area contributed by atoms with Crippen molar-refractivity contribution < 1.29 is 0 Å². The average Bonchev–Trinajstić information content (AvgIpc) is 2.28. The molecule has 0 fully saturated rings. The molecule has 1 heterocycles. The van der Waals surface area contributed by atoms with Crippen molar-refractivity contribution in [2.75, 3.05) is 0 Å². The third-order valence-electron chi connectivity index (χ3n) is 3.39. The van der Waals surface area contributed by atoms with Gasteiger partial charge in [-0.2, -0.15) is 0 Å². The monoisotopic (exact) mass is 236 g/mol. The second kappa shape index (κ2) is 6.01. The molecule has 3 nitrogen and oxygen atoms in total. The Labute approximate surface area is 104 Å². The molecule has 0 aliphatic carbocycles. The summed E-state index contributed by atoms with van der Waals surface area (Å²) in [5.41, 5.74) is 3.19. The second-order valence-electron chi connectivity index (χ2n) is 4.69. The molecule has 3 heteroatoms. The normalized spacial score (nSPS) is 12.8. The van der Waals surface area contributed by atoms with Gasteiger partial charge in [0.05, 0.1) is 0 Å². The minimum atomic E-state index is 0.154. The van der Waals surface area contributed by atoms with Gasteiger partial charge < -0.3 is 9.88 Å². The van der Waals surface area contributed by atoms with Gasteiger partial charge in [0.2, 0.25) is 0 Å². The number of hydrogen-bond donors (Lipinski definition) is 1. The molecule has 0 aliphatic heterocycles. The smallest absolute Gasteiger partial charge is 0.255 e. The summed E-state index contributed by atoms with van der Waals surface area (Å²) in [6, 6.07) is 2.54. The fourth-order valence-corrected chi connectivity index (χ4v) is 2.00. The highest BCUT2D eigenvalue weighted by Crippen LogP contribution is 2.06. The zero-order valence-electron chi connectivity index (χ0n) is 11.6. The predicted octanol–water partition coefficient (Wildman–Crippen LogP) is 2.37. The van der Waals surface area contributed by atoms with E-state index in [1.54, 1.807) is 0 Å². The second-order valence-corrected chi connectivity index (χ2v) is 4.69. The molecule has 0 aliphatic rings. The van der Waals surface area contributed by atoms with Gasteiger partial charge in [0, 0.05) is 30.4 Å². The highest BCUT2D eigenvalue weighted by molar-refractivity contribution is 5.26. The molecule has 0 bridgehead atoms. The molecular formula is C14H24N2O. The van der Waals surface area contributed by atoms with Gasteiger partial charge in [-0.1, -0.05) is 6.92 Å². The van der Waals surface area contributed by atoms with Crippen molar-refractivity contribution in [2.24, 2.45) is 0 Å². The van der Waals surface area contributed by atoms with Crippen LogP contribution in [0.15, 0.2) is 10.9 Å². The summed E-state index contributed by atoms with van der Waals surface area (Å²) >= 11 is 0. The van der Waals surface area contributed by atoms with Crippen LogP contribution in [0.25, 0.3) is 0 Å². The van der Waals surface area contributed by atoms with Crippen molar-refractivity contribution in [2.45, 2.75) is 60.2 Å². The van der Waals surface area contributed by atoms with E-state index >= 15 is 0 Å². The highest BCUT2D eigenvalue weighted by atomic mass is 16.1. The van der Waals surface area contributed by atoms with Gasteiger partial charge in [-0.25, -0.2) is 0 Å². The number of rotatable bonds is 5. The average molecular weight is 236 g/mol. The molecule has 0 radical (unpaired) electrons. The van der Waals surface area contributed by atoms with E-state index in [1.165, 1.54) is 0 Å². The van der Waals surface area contributed by atoms with Crippen LogP contribution in [0.5, 0.6) is 0 Å². The molecule has 0 saturated carbocycles. The van der Waals surface area contributed by atoms with E-state index in [2.05, 4.69) is 25.2 Å². The number of aromatic nitrogens is 1. The molecule has 17 heavy (non-hydrogen) atoms. The van der Waals surface area contributed by atoms with Crippen molar-refractivity contribution in [3.63, 3.8) is 0 Å². The Morgan fingerprint density at radius 2 is 2.00 bits per heavy atom. The summed E-state index contributed by atoms with van der Waals surface area (Å²) < 4.78 is 1.83. The lowest BCUT2D eigenvalue weighted by atomic mass is 10.1. The summed E-state index contributed by atoms with van der Waals surface area (Å²) in [5, 5.41) is 3.39. The molecule has 0 amide bonds. The van der Waals surface area contributed by atoms with Crippen LogP contribution in [0.2, 0.25) is 0 Å². The molecule has 1 aromatic rings. The lowest BCUT2D eigenvalue weighted by Gasteiger charge is -2.15. The van der Waals surface area contributed by atoms with Crippen molar-refractivity contribution in [3.05, 3.63) is 33.2 Å². The fourth-order valence-electron chi connectivity index (χ4n) is 2.00. The van der Waals surface area contributed by atoms with Gasteiger partial charge in [-0.05, 0) is 45.7 Å². The number of aryl methyl sites for hydroxylation is 2. The molecule has 0 aromatic carbocycles. The molecule has 1 aromatic heterocycles. The molecule has 1 unspecified atom stereocenters. The molecule has 1 rings (SSSR count). The standard InChI is InChI=1S/C14H24N2O/c1-6-11(4)15-9-13-10(3)8-12(5)16(7-2)14(13)17/h8,11,15H,6-7,9H2,1-5H3. The first kappa shape index (κ1) is 14.0. The van der Waals surface area contributed by atoms with Crippen LogP contribution in [0, 0.1) is 13.8 Å². The first-order chi connectivity index (χ1) is 8.01. The maximum Gasteiger partial charge on any atom is 0.255 e. The SMILES string of the molecule is CCC(C)NCc1c(C)cc(C)n(CC)c1=O. The van der Waals surface area contributed by atoms with Gasteiger partial charge in [0.15, 0.2) is 0 Å². The summed E-state index contributed by atoms with van der Waals surface area (Å²) in [7, 11) is 0. The van der Waals surface area contributed by atoms with Gasteiger partial charge in [-0.3, -0.25) is 4.79 Å². The van der Waals surface area contributed by atoms with Crippen molar-refractivity contribution in [1.82, 2.24) is 9.88 Å². The summed E-state index contributed by atoms with van der Waals surface area (Å²) in [4.78, 5) is 12.3. The van der Waals surface area contributed by atoms with Gasteiger partial charge in [0.25, 0.3) is 5.56 Å². The van der Waals surface area contributed by atoms with E-state index in [9.17, 15) is 4.79 Å². The molecule has 0 spiro atoms. The van der Waals surface area contributed by atoms with Gasteiger partial charge in [-0.15, -0.1) is 0 Å². The molecular weight excluding hydrogens is 212 g/mol. The molecule has 1 N–H and O–H groups in total. The molecule has 96 valence electrons. The fraction of sp³-hybridized carbons (Fsp3) is 0.643. The highest BCUT2D eigenvalue weighted by Gasteiger charge is 2.09. The van der Waals surface area contributed by atoms with E-state index in [-0.39, 0.29) is 5.56 Å². The van der Waals surface area contributed by atoms with Gasteiger partial charge >= 0.3 is 0 Å². The number of nitrogens with one attached hydrogen (secondary N) is 1. The summed E-state index contributed by atoms with van der Waals surface area (Å²) in [6.45, 7) is 11.7. The Morgan fingerprint density at radius 1 is 1.35 bits per heavy atom. The Kier molecular flexibility index (Phi) is 4.94. The van der Waals surface area contributed by atoms with Crippen molar-refractivity contribution in [3.8, 4) is 0 Å². The maximum absolute atomic E-state index is 12.3.